The summed E-state index contributed by atoms with van der Waals surface area (Å²) in [7, 11) is 0. The SMILES string of the molecule is P.S.[As].[Sn]. The van der Waals surface area contributed by atoms with E-state index in [2.05, 4.69) is 0 Å². The van der Waals surface area contributed by atoms with Crippen LogP contribution in [0.2, 0.25) is 0 Å². The first-order valence-corrected chi connectivity index (χ1v) is 0. The fourth-order valence-corrected chi connectivity index (χ4v) is 0. The zero-order valence-electron chi connectivity index (χ0n) is 2.15. The second-order valence-electron chi connectivity index (χ2n) is 0. The van der Waals surface area contributed by atoms with Crippen molar-refractivity contribution in [3.63, 3.8) is 0 Å². The summed E-state index contributed by atoms with van der Waals surface area (Å²) in [5, 5.41) is 0. The Balaban J connectivity index is 0. The Morgan fingerprint density at radius 3 is 1.00 bits per heavy atom. The van der Waals surface area contributed by atoms with Crippen molar-refractivity contribution < 1.29 is 0 Å². The van der Waals surface area contributed by atoms with Crippen LogP contribution in [0, 0.1) is 0 Å². The Labute approximate surface area is 64.8 Å². The van der Waals surface area contributed by atoms with Gasteiger partial charge in [-0.25, -0.2) is 0 Å². The Kier molecular flexibility index (Phi) is 171. The maximum absolute atomic E-state index is 0. The van der Waals surface area contributed by atoms with Crippen LogP contribution in [0.15, 0.2) is 0 Å². The van der Waals surface area contributed by atoms with Crippen molar-refractivity contribution in [1.82, 2.24) is 0 Å². The van der Waals surface area contributed by atoms with Gasteiger partial charge in [0.15, 0.2) is 0 Å². The zero-order chi connectivity index (χ0) is 0. The van der Waals surface area contributed by atoms with Gasteiger partial charge >= 0.3 is 0 Å². The predicted octanol–water partition coefficient (Wildman–Crippen LogP) is -0.591. The maximum Gasteiger partial charge on any atom is 0 e. The Morgan fingerprint density at radius 2 is 1.00 bits per heavy atom. The van der Waals surface area contributed by atoms with E-state index in [9.17, 15) is 0 Å². The van der Waals surface area contributed by atoms with E-state index in [-0.39, 0.29) is 65.3 Å². The molecule has 0 fully saturated rings. The molecule has 0 aromatic carbocycles. The molecule has 0 aliphatic heterocycles. The summed E-state index contributed by atoms with van der Waals surface area (Å²) in [5.74, 6) is 0. The topological polar surface area (TPSA) is 0 Å². The molecule has 0 spiro atoms. The van der Waals surface area contributed by atoms with Crippen LogP contribution < -0.4 is 0 Å². The van der Waals surface area contributed by atoms with Crippen molar-refractivity contribution in [3.8, 4) is 0 Å². The largest absolute Gasteiger partial charge is 0.197 e. The van der Waals surface area contributed by atoms with E-state index >= 15 is 0 Å². The molecule has 0 bridgehead atoms. The molecule has 0 saturated carbocycles. The summed E-state index contributed by atoms with van der Waals surface area (Å²) in [6.45, 7) is 0. The van der Waals surface area contributed by atoms with Crippen molar-refractivity contribution in [2.75, 3.05) is 0 Å². The van der Waals surface area contributed by atoms with Crippen LogP contribution in [-0.4, -0.2) is 41.9 Å². The van der Waals surface area contributed by atoms with Gasteiger partial charge in [0.05, 0.1) is 0 Å². The molecule has 0 amide bonds. The first-order valence-electron chi connectivity index (χ1n) is 0. The van der Waals surface area contributed by atoms with Crippen LogP contribution in [0.3, 0.4) is 0 Å². The molecule has 4 heavy (non-hydrogen) atoms. The maximum atomic E-state index is 0. The molecular weight excluding hydrogens is 257 g/mol. The summed E-state index contributed by atoms with van der Waals surface area (Å²) >= 11 is 0. The second-order valence-corrected chi connectivity index (χ2v) is 0. The minimum absolute atomic E-state index is 0. The Morgan fingerprint density at radius 1 is 1.00 bits per heavy atom. The molecule has 0 rings (SSSR count). The smallest absolute Gasteiger partial charge is 0 e. The zero-order valence-corrected chi connectivity index (χ0v) is 9.30. The van der Waals surface area contributed by atoms with Crippen LogP contribution in [-0.2, 0) is 0 Å². The van der Waals surface area contributed by atoms with Crippen LogP contribution >= 0.6 is 23.4 Å². The van der Waals surface area contributed by atoms with Crippen LogP contribution in [0.5, 0.6) is 0 Å². The summed E-state index contributed by atoms with van der Waals surface area (Å²) < 4.78 is 0. The van der Waals surface area contributed by atoms with Gasteiger partial charge in [0.1, 0.15) is 0 Å². The van der Waals surface area contributed by atoms with Gasteiger partial charge in [-0.05, 0) is 0 Å². The fraction of sp³-hybridized carbons (Fsp3) is 0. The number of hydrogen-bond acceptors (Lipinski definition) is 0. The standard InChI is InChI=1S/As.H3P.H2S.Sn/h;1H3;1H2;. The molecule has 0 heterocycles. The van der Waals surface area contributed by atoms with Gasteiger partial charge in [-0.15, -0.1) is 0 Å². The van der Waals surface area contributed by atoms with E-state index in [1.807, 2.05) is 0 Å². The molecule has 0 N–H and O–H groups in total. The van der Waals surface area contributed by atoms with Crippen molar-refractivity contribution in [3.05, 3.63) is 0 Å². The van der Waals surface area contributed by atoms with Crippen molar-refractivity contribution in [1.29, 1.82) is 0 Å². The normalized spacial score (nSPS) is 0. The van der Waals surface area contributed by atoms with E-state index in [1.54, 1.807) is 0 Å². The fourth-order valence-electron chi connectivity index (χ4n) is 0. The second kappa shape index (κ2) is 19.3. The molecule has 1 unspecified atom stereocenters. The Hall–Kier alpha value is 2.14. The van der Waals surface area contributed by atoms with Gasteiger partial charge in [0, 0.05) is 41.9 Å². The molecule has 1 atom stereocenters. The van der Waals surface area contributed by atoms with Crippen molar-refractivity contribution in [2.45, 2.75) is 0 Å². The first-order chi connectivity index (χ1) is 0. The Bertz CT molecular complexity index is 8.00. The molecule has 0 aromatic rings. The van der Waals surface area contributed by atoms with Gasteiger partial charge in [-0.2, -0.15) is 23.4 Å². The van der Waals surface area contributed by atoms with E-state index < -0.39 is 0 Å². The quantitative estimate of drug-likeness (QED) is 0.404. The van der Waals surface area contributed by atoms with E-state index in [1.165, 1.54) is 0 Å². The number of hydrogen-bond donors (Lipinski definition) is 0. The summed E-state index contributed by atoms with van der Waals surface area (Å²) in [5.41, 5.74) is 0. The molecule has 0 aliphatic carbocycles. The molecule has 7 radical (unpaired) electrons. The molecule has 0 nitrogen and oxygen atoms in total. The molecule has 25 valence electrons. The molecule has 0 aliphatic rings. The summed E-state index contributed by atoms with van der Waals surface area (Å²) in [6.07, 6.45) is 0. The third kappa shape index (κ3) is 8.91. The monoisotopic (exact) mass is 263 g/mol. The van der Waals surface area contributed by atoms with Gasteiger partial charge in [0.25, 0.3) is 0 Å². The van der Waals surface area contributed by atoms with Crippen LogP contribution in [0.25, 0.3) is 0 Å². The predicted molar refractivity (Wildman–Crippen MR) is 33.0 cm³/mol. The van der Waals surface area contributed by atoms with E-state index in [0.717, 1.165) is 0 Å². The van der Waals surface area contributed by atoms with E-state index in [4.69, 9.17) is 0 Å². The minimum atomic E-state index is 0. The third-order valence-corrected chi connectivity index (χ3v) is 0. The van der Waals surface area contributed by atoms with Crippen molar-refractivity contribution in [2.24, 2.45) is 0 Å². The van der Waals surface area contributed by atoms with Gasteiger partial charge < -0.3 is 0 Å². The average molecular weight is 262 g/mol. The minimum Gasteiger partial charge on any atom is -0.197 e. The first kappa shape index (κ1) is 35.5. The van der Waals surface area contributed by atoms with Crippen molar-refractivity contribution >= 4 is 65.3 Å². The van der Waals surface area contributed by atoms with Crippen LogP contribution in [0.1, 0.15) is 0 Å². The third-order valence-electron chi connectivity index (χ3n) is 0. The molecule has 0 saturated heterocycles. The van der Waals surface area contributed by atoms with Crippen LogP contribution in [0.4, 0.5) is 0 Å². The average Bonchev–Trinajstić information content (AvgIpc) is 0. The molecule has 0 aromatic heterocycles. The van der Waals surface area contributed by atoms with Gasteiger partial charge in [-0.3, -0.25) is 0 Å². The molecular formula is H5AsPSSn. The van der Waals surface area contributed by atoms with Gasteiger partial charge in [-0.1, -0.05) is 0 Å². The summed E-state index contributed by atoms with van der Waals surface area (Å²) in [6, 6.07) is 0. The molecule has 4 heteroatoms. The van der Waals surface area contributed by atoms with Gasteiger partial charge in [0.2, 0.25) is 0 Å². The van der Waals surface area contributed by atoms with E-state index in [0.29, 0.717) is 0 Å². The summed E-state index contributed by atoms with van der Waals surface area (Å²) in [4.78, 5) is 0. The number of rotatable bonds is 0.